The molecule has 0 bridgehead atoms. The van der Waals surface area contributed by atoms with Gasteiger partial charge in [0.2, 0.25) is 11.9 Å². The molecular weight excluding hydrogens is 497 g/mol. The minimum absolute atomic E-state index is 0.0779. The van der Waals surface area contributed by atoms with Crippen LogP contribution in [0.3, 0.4) is 0 Å². The summed E-state index contributed by atoms with van der Waals surface area (Å²) in [6.45, 7) is 1.34. The van der Waals surface area contributed by atoms with Crippen LogP contribution in [-0.2, 0) is 11.2 Å². The smallest absolute Gasteiger partial charge is 0.222 e. The van der Waals surface area contributed by atoms with Gasteiger partial charge >= 0.3 is 0 Å². The predicted molar refractivity (Wildman–Crippen MR) is 134 cm³/mol. The molecule has 1 amide bonds. The highest BCUT2D eigenvalue weighted by atomic mass is 35.5. The van der Waals surface area contributed by atoms with Crippen molar-refractivity contribution in [2.24, 2.45) is 0 Å². The molecule has 0 spiro atoms. The summed E-state index contributed by atoms with van der Waals surface area (Å²) in [5.41, 5.74) is 5.49. The van der Waals surface area contributed by atoms with Crippen molar-refractivity contribution >= 4 is 23.3 Å². The van der Waals surface area contributed by atoms with Crippen LogP contribution >= 0.6 is 11.6 Å². The van der Waals surface area contributed by atoms with Gasteiger partial charge in [-0.25, -0.2) is 4.98 Å². The van der Waals surface area contributed by atoms with Crippen LogP contribution in [0.2, 0.25) is 5.02 Å². The minimum Gasteiger partial charge on any atom is -0.311 e. The minimum atomic E-state index is -0.680. The highest BCUT2D eigenvalue weighted by molar-refractivity contribution is 6.31. The number of benzene rings is 1. The number of pyridine rings is 2. The summed E-state index contributed by atoms with van der Waals surface area (Å²) >= 11 is 6.30. The number of nitrogens with zero attached hydrogens (tertiary/aromatic N) is 8. The lowest BCUT2D eigenvalue weighted by Crippen LogP contribution is -2.09. The lowest BCUT2D eigenvalue weighted by Gasteiger charge is -2.13. The van der Waals surface area contributed by atoms with E-state index in [-0.39, 0.29) is 17.8 Å². The number of aryl methyl sites for hydroxylation is 1. The van der Waals surface area contributed by atoms with Crippen molar-refractivity contribution in [3.63, 3.8) is 0 Å². The van der Waals surface area contributed by atoms with Crippen LogP contribution in [0.15, 0.2) is 61.3 Å². The second-order valence-electron chi connectivity index (χ2n) is 8.66. The Morgan fingerprint density at radius 3 is 2.81 bits per heavy atom. The number of rotatable bonds is 5. The first kappa shape index (κ1) is 22.9. The Bertz CT molecular complexity index is 1630. The summed E-state index contributed by atoms with van der Waals surface area (Å²) in [5.74, 6) is -0.834. The molecule has 37 heavy (non-hydrogen) atoms. The summed E-state index contributed by atoms with van der Waals surface area (Å²) in [6, 6.07) is 10.7. The van der Waals surface area contributed by atoms with Gasteiger partial charge in [-0.1, -0.05) is 11.6 Å². The third-order valence-electron chi connectivity index (χ3n) is 6.25. The van der Waals surface area contributed by atoms with Crippen molar-refractivity contribution in [3.8, 4) is 27.9 Å². The quantitative estimate of drug-likeness (QED) is 0.347. The number of carbonyl (C=O) groups excluding carboxylic acids is 1. The Labute approximate surface area is 215 Å². The van der Waals surface area contributed by atoms with Gasteiger partial charge in [-0.2, -0.15) is 14.2 Å². The van der Waals surface area contributed by atoms with Gasteiger partial charge in [-0.15, -0.1) is 5.10 Å². The van der Waals surface area contributed by atoms with Crippen LogP contribution in [0.1, 0.15) is 30.6 Å². The molecule has 1 aliphatic carbocycles. The van der Waals surface area contributed by atoms with Gasteiger partial charge < -0.3 is 5.32 Å². The Balaban J connectivity index is 1.30. The second-order valence-corrected chi connectivity index (χ2v) is 9.10. The first-order chi connectivity index (χ1) is 18.0. The van der Waals surface area contributed by atoms with Crippen LogP contribution in [-0.4, -0.2) is 45.9 Å². The molecule has 4 aromatic heterocycles. The SMILES string of the molecule is CC(=O)Nc1ccc(-c2cnn(C3CCc4cc(-c5cc(Cl)ccc5-n5cnnn5)cnc43)c2)c(F)n1. The van der Waals surface area contributed by atoms with E-state index in [0.29, 0.717) is 16.1 Å². The molecular formula is C25H19ClFN9O. The lowest BCUT2D eigenvalue weighted by molar-refractivity contribution is -0.114. The van der Waals surface area contributed by atoms with E-state index in [1.807, 2.05) is 18.3 Å². The molecule has 12 heteroatoms. The summed E-state index contributed by atoms with van der Waals surface area (Å²) in [7, 11) is 0. The van der Waals surface area contributed by atoms with Crippen LogP contribution in [0.25, 0.3) is 27.9 Å². The second kappa shape index (κ2) is 9.17. The Morgan fingerprint density at radius 2 is 2.03 bits per heavy atom. The van der Waals surface area contributed by atoms with Crippen molar-refractivity contribution in [2.75, 3.05) is 5.32 Å². The topological polar surface area (TPSA) is 116 Å². The number of carbonyl (C=O) groups is 1. The number of aromatic nitrogens is 8. The normalized spacial score (nSPS) is 14.5. The zero-order valence-electron chi connectivity index (χ0n) is 19.5. The van der Waals surface area contributed by atoms with E-state index in [9.17, 15) is 9.18 Å². The lowest BCUT2D eigenvalue weighted by atomic mass is 10.0. The number of amides is 1. The maximum absolute atomic E-state index is 14.6. The number of hydrogen-bond acceptors (Lipinski definition) is 7. The molecule has 5 aromatic rings. The molecule has 0 fully saturated rings. The summed E-state index contributed by atoms with van der Waals surface area (Å²) in [4.78, 5) is 19.8. The third-order valence-corrected chi connectivity index (χ3v) is 6.49. The number of tetrazole rings is 1. The van der Waals surface area contributed by atoms with Gasteiger partial charge in [-0.05, 0) is 65.2 Å². The summed E-state index contributed by atoms with van der Waals surface area (Å²) in [5, 5.41) is 19.0. The fourth-order valence-corrected chi connectivity index (χ4v) is 4.79. The molecule has 0 aliphatic heterocycles. The van der Waals surface area contributed by atoms with E-state index in [1.54, 1.807) is 40.0 Å². The van der Waals surface area contributed by atoms with Crippen LogP contribution < -0.4 is 5.32 Å². The number of anilines is 1. The largest absolute Gasteiger partial charge is 0.311 e. The zero-order valence-corrected chi connectivity index (χ0v) is 20.3. The highest BCUT2D eigenvalue weighted by Gasteiger charge is 2.27. The van der Waals surface area contributed by atoms with Crippen LogP contribution in [0.5, 0.6) is 0 Å². The van der Waals surface area contributed by atoms with Gasteiger partial charge in [0, 0.05) is 46.6 Å². The molecule has 184 valence electrons. The maximum atomic E-state index is 14.6. The zero-order chi connectivity index (χ0) is 25.5. The van der Waals surface area contributed by atoms with E-state index >= 15 is 0 Å². The van der Waals surface area contributed by atoms with Gasteiger partial charge in [0.1, 0.15) is 12.1 Å². The highest BCUT2D eigenvalue weighted by Crippen LogP contribution is 2.37. The average Bonchev–Trinajstić information content (AvgIpc) is 3.64. The first-order valence-electron chi connectivity index (χ1n) is 11.5. The molecule has 10 nitrogen and oxygen atoms in total. The van der Waals surface area contributed by atoms with E-state index in [1.165, 1.54) is 13.3 Å². The molecule has 4 heterocycles. The van der Waals surface area contributed by atoms with Crippen LogP contribution in [0.4, 0.5) is 10.2 Å². The van der Waals surface area contributed by atoms with Crippen LogP contribution in [0, 0.1) is 5.95 Å². The standard InChI is InChI=1S/C25H19ClFN9O/c1-14(37)31-23-7-4-19(25(27)32-23)17-11-30-35(12-17)22-5-2-15-8-16(10-28-24(15)22)20-9-18(26)3-6-21(20)36-13-29-33-34-36/h3-4,6-13,22H,2,5H2,1H3,(H,31,32,37). The Hall–Kier alpha value is -4.51. The van der Waals surface area contributed by atoms with E-state index in [2.05, 4.69) is 37.0 Å². The molecule has 0 saturated heterocycles. The summed E-state index contributed by atoms with van der Waals surface area (Å²) < 4.78 is 18.0. The summed E-state index contributed by atoms with van der Waals surface area (Å²) in [6.07, 6.45) is 8.37. The van der Waals surface area contributed by atoms with Crippen molar-refractivity contribution in [3.05, 3.63) is 83.5 Å². The van der Waals surface area contributed by atoms with E-state index in [4.69, 9.17) is 16.6 Å². The van der Waals surface area contributed by atoms with Crippen molar-refractivity contribution < 1.29 is 9.18 Å². The number of nitrogens with one attached hydrogen (secondary N) is 1. The molecule has 0 saturated carbocycles. The fourth-order valence-electron chi connectivity index (χ4n) is 4.61. The third kappa shape index (κ3) is 4.33. The van der Waals surface area contributed by atoms with Gasteiger partial charge in [0.15, 0.2) is 0 Å². The maximum Gasteiger partial charge on any atom is 0.222 e. The van der Waals surface area contributed by atoms with E-state index < -0.39 is 5.95 Å². The van der Waals surface area contributed by atoms with Crippen molar-refractivity contribution in [1.82, 2.24) is 40.0 Å². The first-order valence-corrected chi connectivity index (χ1v) is 11.8. The Kier molecular flexibility index (Phi) is 5.68. The van der Waals surface area contributed by atoms with Gasteiger partial charge in [0.05, 0.1) is 23.6 Å². The van der Waals surface area contributed by atoms with Gasteiger partial charge in [-0.3, -0.25) is 14.5 Å². The van der Waals surface area contributed by atoms with Crippen molar-refractivity contribution in [1.29, 1.82) is 0 Å². The molecule has 6 rings (SSSR count). The number of hydrogen-bond donors (Lipinski definition) is 1. The van der Waals surface area contributed by atoms with Gasteiger partial charge in [0.25, 0.3) is 0 Å². The Morgan fingerprint density at radius 1 is 1.14 bits per heavy atom. The molecule has 1 aliphatic rings. The molecule has 1 N–H and O–H groups in total. The van der Waals surface area contributed by atoms with E-state index in [0.717, 1.165) is 40.9 Å². The number of fused-ring (bicyclic) bond motifs is 1. The van der Waals surface area contributed by atoms with Crippen molar-refractivity contribution in [2.45, 2.75) is 25.8 Å². The molecule has 1 unspecified atom stereocenters. The monoisotopic (exact) mass is 515 g/mol. The predicted octanol–water partition coefficient (Wildman–Crippen LogP) is 4.27. The fraction of sp³-hybridized carbons (Fsp3) is 0.160. The molecule has 0 radical (unpaired) electrons. The average molecular weight is 516 g/mol. The number of halogens is 2. The molecule has 1 atom stereocenters. The molecule has 1 aromatic carbocycles.